The Kier molecular flexibility index (Phi) is 5.25. The van der Waals surface area contributed by atoms with E-state index in [2.05, 4.69) is 5.32 Å². The van der Waals surface area contributed by atoms with Crippen molar-refractivity contribution in [2.45, 2.75) is 0 Å². The third kappa shape index (κ3) is 4.31. The molecular weight excluding hydrogens is 333 g/mol. The van der Waals surface area contributed by atoms with E-state index in [1.165, 1.54) is 22.5 Å². The van der Waals surface area contributed by atoms with E-state index in [1.807, 2.05) is 0 Å². The second-order valence-corrected chi connectivity index (χ2v) is 7.44. The van der Waals surface area contributed by atoms with Crippen LogP contribution in [0.15, 0.2) is 18.2 Å². The van der Waals surface area contributed by atoms with Crippen LogP contribution in [0.5, 0.6) is 0 Å². The molecule has 1 N–H and O–H groups in total. The van der Waals surface area contributed by atoms with Gasteiger partial charge in [-0.2, -0.15) is 4.31 Å². The molecule has 1 aliphatic heterocycles. The zero-order chi connectivity index (χ0) is 16.3. The van der Waals surface area contributed by atoms with E-state index in [0.717, 1.165) is 6.26 Å². The lowest BCUT2D eigenvalue weighted by atomic mass is 10.3. The number of nitrogens with one attached hydrogen (secondary N) is 1. The molecule has 1 fully saturated rings. The Morgan fingerprint density at radius 1 is 1.32 bits per heavy atom. The smallest absolute Gasteiger partial charge is 0.241 e. The van der Waals surface area contributed by atoms with Gasteiger partial charge in [-0.05, 0) is 18.2 Å². The number of halogens is 2. The highest BCUT2D eigenvalue weighted by Crippen LogP contribution is 2.19. The van der Waals surface area contributed by atoms with Crippen LogP contribution >= 0.6 is 11.6 Å². The SMILES string of the molecule is CS(=O)(=O)N1CCN(C(=O)CNc2cc(Cl)ccc2F)CC1. The van der Waals surface area contributed by atoms with Crippen LogP contribution < -0.4 is 5.32 Å². The van der Waals surface area contributed by atoms with Crippen molar-refractivity contribution in [2.24, 2.45) is 0 Å². The van der Waals surface area contributed by atoms with E-state index in [0.29, 0.717) is 18.1 Å². The van der Waals surface area contributed by atoms with Crippen LogP contribution in [0.3, 0.4) is 0 Å². The third-order valence-corrected chi connectivity index (χ3v) is 4.96. The Morgan fingerprint density at radius 3 is 2.55 bits per heavy atom. The van der Waals surface area contributed by atoms with Crippen molar-refractivity contribution in [3.05, 3.63) is 29.0 Å². The number of nitrogens with zero attached hydrogens (tertiary/aromatic N) is 2. The van der Waals surface area contributed by atoms with Gasteiger partial charge in [0.25, 0.3) is 0 Å². The molecule has 6 nitrogen and oxygen atoms in total. The number of hydrogen-bond acceptors (Lipinski definition) is 4. The lowest BCUT2D eigenvalue weighted by molar-refractivity contribution is -0.130. The van der Waals surface area contributed by atoms with Gasteiger partial charge in [-0.15, -0.1) is 0 Å². The average Bonchev–Trinajstić information content (AvgIpc) is 2.47. The van der Waals surface area contributed by atoms with Gasteiger partial charge in [-0.25, -0.2) is 12.8 Å². The number of benzene rings is 1. The second kappa shape index (κ2) is 6.80. The quantitative estimate of drug-likeness (QED) is 0.880. The normalized spacial score (nSPS) is 16.6. The Balaban J connectivity index is 1.87. The van der Waals surface area contributed by atoms with Crippen molar-refractivity contribution >= 4 is 33.2 Å². The van der Waals surface area contributed by atoms with E-state index in [-0.39, 0.29) is 31.2 Å². The maximum atomic E-state index is 13.5. The molecule has 22 heavy (non-hydrogen) atoms. The second-order valence-electron chi connectivity index (χ2n) is 5.02. The van der Waals surface area contributed by atoms with Crippen molar-refractivity contribution in [1.29, 1.82) is 0 Å². The van der Waals surface area contributed by atoms with Crippen molar-refractivity contribution in [1.82, 2.24) is 9.21 Å². The topological polar surface area (TPSA) is 69.7 Å². The summed E-state index contributed by atoms with van der Waals surface area (Å²) in [6.07, 6.45) is 1.15. The number of carbonyl (C=O) groups is 1. The van der Waals surface area contributed by atoms with Crippen LogP contribution in [0.2, 0.25) is 5.02 Å². The summed E-state index contributed by atoms with van der Waals surface area (Å²) in [4.78, 5) is 13.6. The predicted octanol–water partition coefficient (Wildman–Crippen LogP) is 0.995. The van der Waals surface area contributed by atoms with Crippen molar-refractivity contribution in [3.8, 4) is 0 Å². The lowest BCUT2D eigenvalue weighted by Gasteiger charge is -2.33. The fraction of sp³-hybridized carbons (Fsp3) is 0.462. The fourth-order valence-corrected chi connectivity index (χ4v) is 3.18. The molecule has 0 bridgehead atoms. The van der Waals surface area contributed by atoms with Crippen LogP contribution in [0, 0.1) is 5.82 Å². The number of anilines is 1. The summed E-state index contributed by atoms with van der Waals surface area (Å²) in [6, 6.07) is 4.06. The molecule has 0 aromatic heterocycles. The van der Waals surface area contributed by atoms with Gasteiger partial charge in [0.15, 0.2) is 0 Å². The highest BCUT2D eigenvalue weighted by molar-refractivity contribution is 7.88. The molecule has 1 heterocycles. The molecule has 1 aromatic carbocycles. The first kappa shape index (κ1) is 17.0. The van der Waals surface area contributed by atoms with Crippen LogP contribution in [0.25, 0.3) is 0 Å². The summed E-state index contributed by atoms with van der Waals surface area (Å²) in [5, 5.41) is 3.08. The molecule has 9 heteroatoms. The monoisotopic (exact) mass is 349 g/mol. The molecular formula is C13H17ClFN3O3S. The Bertz CT molecular complexity index is 660. The largest absolute Gasteiger partial charge is 0.374 e. The number of sulfonamides is 1. The molecule has 0 saturated carbocycles. The van der Waals surface area contributed by atoms with E-state index in [1.54, 1.807) is 4.90 Å². The standard InChI is InChI=1S/C13H17ClFN3O3S/c1-22(20,21)18-6-4-17(5-7-18)13(19)9-16-12-8-10(14)2-3-11(12)15/h2-3,8,16H,4-7,9H2,1H3. The predicted molar refractivity (Wildman–Crippen MR) is 82.9 cm³/mol. The number of piperazine rings is 1. The van der Waals surface area contributed by atoms with Crippen LogP contribution in [0.4, 0.5) is 10.1 Å². The minimum Gasteiger partial charge on any atom is -0.374 e. The van der Waals surface area contributed by atoms with Gasteiger partial charge in [0.1, 0.15) is 5.82 Å². The summed E-state index contributed by atoms with van der Waals surface area (Å²) in [6.45, 7) is 1.12. The Hall–Kier alpha value is -1.38. The van der Waals surface area contributed by atoms with Crippen LogP contribution in [-0.4, -0.2) is 62.5 Å². The average molecular weight is 350 g/mol. The molecule has 1 aliphatic rings. The van der Waals surface area contributed by atoms with Crippen molar-refractivity contribution < 1.29 is 17.6 Å². The summed E-state index contributed by atoms with van der Waals surface area (Å²) in [5.41, 5.74) is 0.163. The van der Waals surface area contributed by atoms with Gasteiger partial charge in [-0.3, -0.25) is 4.79 Å². The van der Waals surface area contributed by atoms with E-state index in [9.17, 15) is 17.6 Å². The minimum atomic E-state index is -3.23. The minimum absolute atomic E-state index is 0.0733. The molecule has 1 amide bonds. The first-order chi connectivity index (χ1) is 10.3. The van der Waals surface area contributed by atoms with Gasteiger partial charge in [0, 0.05) is 31.2 Å². The Labute approximate surface area is 133 Å². The molecule has 0 atom stereocenters. The first-order valence-electron chi connectivity index (χ1n) is 6.69. The molecule has 1 aromatic rings. The molecule has 0 radical (unpaired) electrons. The summed E-state index contributed by atoms with van der Waals surface area (Å²) < 4.78 is 37.7. The molecule has 122 valence electrons. The lowest BCUT2D eigenvalue weighted by Crippen LogP contribution is -2.51. The van der Waals surface area contributed by atoms with Gasteiger partial charge >= 0.3 is 0 Å². The maximum absolute atomic E-state index is 13.5. The van der Waals surface area contributed by atoms with Crippen LogP contribution in [0.1, 0.15) is 0 Å². The molecule has 2 rings (SSSR count). The van der Waals surface area contributed by atoms with E-state index < -0.39 is 15.8 Å². The zero-order valence-corrected chi connectivity index (χ0v) is 13.6. The van der Waals surface area contributed by atoms with Crippen molar-refractivity contribution in [2.75, 3.05) is 44.3 Å². The zero-order valence-electron chi connectivity index (χ0n) is 12.1. The Morgan fingerprint density at radius 2 is 1.95 bits per heavy atom. The molecule has 1 saturated heterocycles. The summed E-state index contributed by atoms with van der Waals surface area (Å²) >= 11 is 5.78. The molecule has 0 aliphatic carbocycles. The van der Waals surface area contributed by atoms with Gasteiger partial charge in [0.2, 0.25) is 15.9 Å². The molecule has 0 spiro atoms. The van der Waals surface area contributed by atoms with Gasteiger partial charge < -0.3 is 10.2 Å². The van der Waals surface area contributed by atoms with Crippen molar-refractivity contribution in [3.63, 3.8) is 0 Å². The number of amides is 1. The van der Waals surface area contributed by atoms with Gasteiger partial charge in [0.05, 0.1) is 18.5 Å². The molecule has 0 unspecified atom stereocenters. The first-order valence-corrected chi connectivity index (χ1v) is 8.92. The van der Waals surface area contributed by atoms with Gasteiger partial charge in [-0.1, -0.05) is 11.6 Å². The summed E-state index contributed by atoms with van der Waals surface area (Å²) in [5.74, 6) is -0.702. The summed E-state index contributed by atoms with van der Waals surface area (Å²) in [7, 11) is -3.23. The maximum Gasteiger partial charge on any atom is 0.241 e. The van der Waals surface area contributed by atoms with E-state index >= 15 is 0 Å². The number of hydrogen-bond donors (Lipinski definition) is 1. The number of rotatable bonds is 4. The highest BCUT2D eigenvalue weighted by Gasteiger charge is 2.25. The van der Waals surface area contributed by atoms with E-state index in [4.69, 9.17) is 11.6 Å². The number of carbonyl (C=O) groups excluding carboxylic acids is 1. The third-order valence-electron chi connectivity index (χ3n) is 3.42. The fourth-order valence-electron chi connectivity index (χ4n) is 2.18. The highest BCUT2D eigenvalue weighted by atomic mass is 35.5. The van der Waals surface area contributed by atoms with Crippen LogP contribution in [-0.2, 0) is 14.8 Å².